The first-order valence-corrected chi connectivity index (χ1v) is 7.34. The van der Waals surface area contributed by atoms with Crippen molar-refractivity contribution in [2.75, 3.05) is 0 Å². The van der Waals surface area contributed by atoms with Crippen molar-refractivity contribution >= 4 is 34.2 Å². The van der Waals surface area contributed by atoms with Crippen molar-refractivity contribution in [1.29, 1.82) is 0 Å². The summed E-state index contributed by atoms with van der Waals surface area (Å²) < 4.78 is 27.1. The van der Waals surface area contributed by atoms with E-state index in [0.29, 0.717) is 17.9 Å². The third-order valence-corrected chi connectivity index (χ3v) is 4.60. The van der Waals surface area contributed by atoms with Crippen LogP contribution < -0.4 is 0 Å². The summed E-state index contributed by atoms with van der Waals surface area (Å²) in [7, 11) is 0. The zero-order valence-electron chi connectivity index (χ0n) is 9.67. The molecule has 5 heteroatoms. The molecule has 0 aromatic heterocycles. The quantitative estimate of drug-likeness (QED) is 0.740. The lowest BCUT2D eigenvalue weighted by Gasteiger charge is -2.17. The van der Waals surface area contributed by atoms with Crippen LogP contribution in [-0.2, 0) is 0 Å². The van der Waals surface area contributed by atoms with Crippen molar-refractivity contribution < 1.29 is 13.9 Å². The second-order valence-corrected chi connectivity index (χ2v) is 6.48. The van der Waals surface area contributed by atoms with Crippen LogP contribution in [0, 0.1) is 9.49 Å². The Morgan fingerprint density at radius 1 is 1.50 bits per heavy atom. The predicted molar refractivity (Wildman–Crippen MR) is 76.0 cm³/mol. The Hall–Kier alpha value is 0.0600. The second kappa shape index (κ2) is 5.59. The van der Waals surface area contributed by atoms with Gasteiger partial charge in [0.15, 0.2) is 0 Å². The van der Waals surface area contributed by atoms with E-state index in [2.05, 4.69) is 22.6 Å². The van der Waals surface area contributed by atoms with E-state index in [1.807, 2.05) is 6.07 Å². The molecule has 1 aromatic carbocycles. The molecule has 0 aliphatic heterocycles. The standard InChI is InChI=1S/C13H14ClF2IO/c14-9-1-2-11(17)10(6-9)12(18)5-8-3-4-13(15,16)7-8/h1-2,6,8,12,18H,3-5,7H2. The van der Waals surface area contributed by atoms with Crippen molar-refractivity contribution in [3.05, 3.63) is 32.4 Å². The van der Waals surface area contributed by atoms with Crippen LogP contribution in [0.5, 0.6) is 0 Å². The van der Waals surface area contributed by atoms with Crippen LogP contribution in [0.2, 0.25) is 5.02 Å². The first kappa shape index (κ1) is 14.5. The Morgan fingerprint density at radius 2 is 2.22 bits per heavy atom. The van der Waals surface area contributed by atoms with Gasteiger partial charge in [0.25, 0.3) is 0 Å². The van der Waals surface area contributed by atoms with Gasteiger partial charge < -0.3 is 5.11 Å². The van der Waals surface area contributed by atoms with Crippen LogP contribution in [0.25, 0.3) is 0 Å². The monoisotopic (exact) mass is 386 g/mol. The summed E-state index contributed by atoms with van der Waals surface area (Å²) in [4.78, 5) is 0. The zero-order chi connectivity index (χ0) is 13.3. The SMILES string of the molecule is OC(CC1CCC(F)(F)C1)c1cc(Cl)ccc1I. The molecule has 18 heavy (non-hydrogen) atoms. The largest absolute Gasteiger partial charge is 0.388 e. The molecule has 1 N–H and O–H groups in total. The third kappa shape index (κ3) is 3.54. The van der Waals surface area contributed by atoms with Crippen LogP contribution in [-0.4, -0.2) is 11.0 Å². The van der Waals surface area contributed by atoms with Gasteiger partial charge in [-0.05, 0) is 65.1 Å². The van der Waals surface area contributed by atoms with Gasteiger partial charge in [0, 0.05) is 21.4 Å². The lowest BCUT2D eigenvalue weighted by Crippen LogP contribution is -2.11. The van der Waals surface area contributed by atoms with Crippen LogP contribution in [0.15, 0.2) is 18.2 Å². The second-order valence-electron chi connectivity index (χ2n) is 4.88. The summed E-state index contributed by atoms with van der Waals surface area (Å²) in [5.41, 5.74) is 0.735. The summed E-state index contributed by atoms with van der Waals surface area (Å²) in [5.74, 6) is -2.66. The highest BCUT2D eigenvalue weighted by Gasteiger charge is 2.40. The van der Waals surface area contributed by atoms with Crippen molar-refractivity contribution in [3.8, 4) is 0 Å². The summed E-state index contributed by atoms with van der Waals surface area (Å²) in [5, 5.41) is 10.7. The highest BCUT2D eigenvalue weighted by Crippen LogP contribution is 2.42. The maximum atomic E-state index is 13.1. The van der Waals surface area contributed by atoms with Gasteiger partial charge in [-0.15, -0.1) is 0 Å². The average Bonchev–Trinajstić information content (AvgIpc) is 2.61. The summed E-state index contributed by atoms with van der Waals surface area (Å²) in [6, 6.07) is 5.29. The highest BCUT2D eigenvalue weighted by molar-refractivity contribution is 14.1. The Kier molecular flexibility index (Phi) is 4.49. The van der Waals surface area contributed by atoms with E-state index in [4.69, 9.17) is 11.6 Å². The fraction of sp³-hybridized carbons (Fsp3) is 0.538. The number of hydrogen-bond acceptors (Lipinski definition) is 1. The molecule has 0 radical (unpaired) electrons. The third-order valence-electron chi connectivity index (χ3n) is 3.38. The molecule has 2 atom stereocenters. The van der Waals surface area contributed by atoms with Crippen LogP contribution >= 0.6 is 34.2 Å². The van der Waals surface area contributed by atoms with Gasteiger partial charge in [0.1, 0.15) is 0 Å². The number of halogens is 4. The number of hydrogen-bond donors (Lipinski definition) is 1. The average molecular weight is 387 g/mol. The summed E-state index contributed by atoms with van der Waals surface area (Å²) >= 11 is 8.01. The Balaban J connectivity index is 2.04. The molecule has 0 heterocycles. The fourth-order valence-electron chi connectivity index (χ4n) is 2.46. The van der Waals surface area contributed by atoms with Gasteiger partial charge in [0.2, 0.25) is 5.92 Å². The molecule has 2 unspecified atom stereocenters. The maximum absolute atomic E-state index is 13.1. The molecular weight excluding hydrogens is 372 g/mol. The van der Waals surface area contributed by atoms with Crippen molar-refractivity contribution in [2.45, 2.75) is 37.7 Å². The highest BCUT2D eigenvalue weighted by atomic mass is 127. The first-order chi connectivity index (χ1) is 8.37. The zero-order valence-corrected chi connectivity index (χ0v) is 12.6. The molecular formula is C13H14ClF2IO. The molecule has 2 rings (SSSR count). The molecule has 1 fully saturated rings. The number of rotatable bonds is 3. The Morgan fingerprint density at radius 3 is 2.83 bits per heavy atom. The van der Waals surface area contributed by atoms with Crippen molar-refractivity contribution in [1.82, 2.24) is 0 Å². The summed E-state index contributed by atoms with van der Waals surface area (Å²) in [6.07, 6.45) is -0.0137. The maximum Gasteiger partial charge on any atom is 0.248 e. The number of aliphatic hydroxyl groups excluding tert-OH is 1. The van der Waals surface area contributed by atoms with Crippen LogP contribution in [0.1, 0.15) is 37.4 Å². The minimum atomic E-state index is -2.55. The molecule has 100 valence electrons. The van der Waals surface area contributed by atoms with Crippen molar-refractivity contribution in [2.24, 2.45) is 5.92 Å². The van der Waals surface area contributed by atoms with Gasteiger partial charge >= 0.3 is 0 Å². The van der Waals surface area contributed by atoms with E-state index in [9.17, 15) is 13.9 Å². The number of alkyl halides is 2. The molecule has 1 aromatic rings. The lowest BCUT2D eigenvalue weighted by molar-refractivity contribution is 0.00253. The molecule has 0 saturated heterocycles. The van der Waals surface area contributed by atoms with E-state index in [1.165, 1.54) is 0 Å². The number of benzene rings is 1. The van der Waals surface area contributed by atoms with Gasteiger partial charge in [-0.3, -0.25) is 0 Å². The van der Waals surface area contributed by atoms with Gasteiger partial charge in [-0.25, -0.2) is 8.78 Å². The van der Waals surface area contributed by atoms with Gasteiger partial charge in [-0.1, -0.05) is 11.6 Å². The topological polar surface area (TPSA) is 20.2 Å². The molecule has 0 bridgehead atoms. The molecule has 1 aliphatic rings. The van der Waals surface area contributed by atoms with Gasteiger partial charge in [-0.2, -0.15) is 0 Å². The van der Waals surface area contributed by atoms with Gasteiger partial charge in [0.05, 0.1) is 6.10 Å². The van der Waals surface area contributed by atoms with E-state index in [0.717, 1.165) is 9.13 Å². The lowest BCUT2D eigenvalue weighted by atomic mass is 9.95. The smallest absolute Gasteiger partial charge is 0.248 e. The normalized spacial score (nSPS) is 24.2. The first-order valence-electron chi connectivity index (χ1n) is 5.88. The molecule has 1 saturated carbocycles. The van der Waals surface area contributed by atoms with E-state index in [-0.39, 0.29) is 18.8 Å². The molecule has 0 amide bonds. The number of aliphatic hydroxyl groups is 1. The van der Waals surface area contributed by atoms with Crippen LogP contribution in [0.3, 0.4) is 0 Å². The minimum Gasteiger partial charge on any atom is -0.388 e. The van der Waals surface area contributed by atoms with E-state index in [1.54, 1.807) is 12.1 Å². The molecule has 0 spiro atoms. The Bertz CT molecular complexity index is 439. The summed E-state index contributed by atoms with van der Waals surface area (Å²) in [6.45, 7) is 0. The fourth-order valence-corrected chi connectivity index (χ4v) is 3.33. The Labute approximate surface area is 124 Å². The van der Waals surface area contributed by atoms with E-state index < -0.39 is 12.0 Å². The van der Waals surface area contributed by atoms with E-state index >= 15 is 0 Å². The molecule has 1 nitrogen and oxygen atoms in total. The predicted octanol–water partition coefficient (Wildman–Crippen LogP) is 4.80. The minimum absolute atomic E-state index is 0.0585. The van der Waals surface area contributed by atoms with Crippen LogP contribution in [0.4, 0.5) is 8.78 Å². The van der Waals surface area contributed by atoms with Crippen molar-refractivity contribution in [3.63, 3.8) is 0 Å². The molecule has 1 aliphatic carbocycles.